The number of fused-ring (bicyclic) bond motifs is 1. The predicted octanol–water partition coefficient (Wildman–Crippen LogP) is 3.38. The molecular formula is C16H14ClNO5S. The highest BCUT2D eigenvalue weighted by Crippen LogP contribution is 2.35. The lowest BCUT2D eigenvalue weighted by molar-refractivity contribution is -0.143. The van der Waals surface area contributed by atoms with E-state index >= 15 is 0 Å². The van der Waals surface area contributed by atoms with Gasteiger partial charge in [-0.15, -0.1) is 11.3 Å². The summed E-state index contributed by atoms with van der Waals surface area (Å²) in [5.74, 6) is -1.49. The van der Waals surface area contributed by atoms with Gasteiger partial charge in [-0.05, 0) is 19.1 Å². The van der Waals surface area contributed by atoms with Crippen LogP contribution in [0.3, 0.4) is 0 Å². The molecule has 6 nitrogen and oxygen atoms in total. The van der Waals surface area contributed by atoms with Crippen molar-refractivity contribution < 1.29 is 23.9 Å². The van der Waals surface area contributed by atoms with Crippen LogP contribution in [0.5, 0.6) is 0 Å². The van der Waals surface area contributed by atoms with E-state index in [0.29, 0.717) is 9.90 Å². The van der Waals surface area contributed by atoms with Gasteiger partial charge in [0.25, 0.3) is 5.91 Å². The molecule has 0 aliphatic heterocycles. The third-order valence-electron chi connectivity index (χ3n) is 2.79. The summed E-state index contributed by atoms with van der Waals surface area (Å²) in [7, 11) is 0. The summed E-state index contributed by atoms with van der Waals surface area (Å²) in [4.78, 5) is 34.7. The van der Waals surface area contributed by atoms with Crippen molar-refractivity contribution in [3.8, 4) is 0 Å². The number of benzene rings is 1. The van der Waals surface area contributed by atoms with Gasteiger partial charge in [-0.25, -0.2) is 9.59 Å². The topological polar surface area (TPSA) is 81.7 Å². The summed E-state index contributed by atoms with van der Waals surface area (Å²) < 4.78 is 10.3. The molecule has 0 atom stereocenters. The number of thiophene rings is 1. The highest BCUT2D eigenvalue weighted by molar-refractivity contribution is 7.20. The monoisotopic (exact) mass is 367 g/mol. The van der Waals surface area contributed by atoms with Gasteiger partial charge in [0.1, 0.15) is 0 Å². The Hall–Kier alpha value is -2.38. The number of carbonyl (C=O) groups excluding carboxylic acids is 3. The van der Waals surface area contributed by atoms with Crippen LogP contribution in [0.4, 0.5) is 4.79 Å². The van der Waals surface area contributed by atoms with Crippen molar-refractivity contribution in [2.24, 2.45) is 0 Å². The van der Waals surface area contributed by atoms with E-state index in [1.807, 2.05) is 29.6 Å². The maximum atomic E-state index is 11.6. The van der Waals surface area contributed by atoms with Crippen LogP contribution in [0.15, 0.2) is 30.3 Å². The summed E-state index contributed by atoms with van der Waals surface area (Å²) >= 11 is 7.68. The SMILES string of the molecule is CCOC(=O)NC(=O)COC(=O)/C=C/c1sc2ccccc2c1Cl. The number of carbonyl (C=O) groups is 3. The van der Waals surface area contributed by atoms with Crippen LogP contribution >= 0.6 is 22.9 Å². The summed E-state index contributed by atoms with van der Waals surface area (Å²) in [5, 5.41) is 3.38. The zero-order valence-corrected chi connectivity index (χ0v) is 14.3. The maximum Gasteiger partial charge on any atom is 0.413 e. The first kappa shape index (κ1) is 18.0. The lowest BCUT2D eigenvalue weighted by atomic mass is 10.2. The normalized spacial score (nSPS) is 10.8. The fourth-order valence-electron chi connectivity index (χ4n) is 1.79. The van der Waals surface area contributed by atoms with Crippen molar-refractivity contribution in [1.82, 2.24) is 5.32 Å². The molecule has 2 aromatic rings. The molecule has 24 heavy (non-hydrogen) atoms. The Morgan fingerprint density at radius 3 is 2.71 bits per heavy atom. The average molecular weight is 368 g/mol. The number of hydrogen-bond acceptors (Lipinski definition) is 6. The van der Waals surface area contributed by atoms with E-state index in [2.05, 4.69) is 4.74 Å². The van der Waals surface area contributed by atoms with Crippen LogP contribution in [0.1, 0.15) is 11.8 Å². The van der Waals surface area contributed by atoms with Crippen molar-refractivity contribution in [3.63, 3.8) is 0 Å². The van der Waals surface area contributed by atoms with E-state index in [1.54, 1.807) is 6.92 Å². The number of halogens is 1. The lowest BCUT2D eigenvalue weighted by Gasteiger charge is -2.03. The smallest absolute Gasteiger partial charge is 0.413 e. The molecule has 0 unspecified atom stereocenters. The Kier molecular flexibility index (Phi) is 6.34. The fourth-order valence-corrected chi connectivity index (χ4v) is 3.18. The third kappa shape index (κ3) is 4.81. The average Bonchev–Trinajstić information content (AvgIpc) is 2.88. The van der Waals surface area contributed by atoms with Crippen molar-refractivity contribution in [2.75, 3.05) is 13.2 Å². The predicted molar refractivity (Wildman–Crippen MR) is 92.0 cm³/mol. The number of amides is 2. The summed E-state index contributed by atoms with van der Waals surface area (Å²) in [6.07, 6.45) is 1.82. The number of nitrogens with one attached hydrogen (secondary N) is 1. The highest BCUT2D eigenvalue weighted by atomic mass is 35.5. The Morgan fingerprint density at radius 2 is 2.00 bits per heavy atom. The second kappa shape index (κ2) is 8.47. The van der Waals surface area contributed by atoms with E-state index in [-0.39, 0.29) is 6.61 Å². The molecule has 8 heteroatoms. The van der Waals surface area contributed by atoms with E-state index in [4.69, 9.17) is 16.3 Å². The number of imide groups is 1. The molecule has 0 aliphatic rings. The van der Waals surface area contributed by atoms with Crippen LogP contribution in [-0.4, -0.2) is 31.2 Å². The van der Waals surface area contributed by atoms with Gasteiger partial charge in [0, 0.05) is 21.0 Å². The Morgan fingerprint density at radius 1 is 1.25 bits per heavy atom. The minimum atomic E-state index is -0.883. The first-order valence-corrected chi connectivity index (χ1v) is 8.19. The molecule has 1 aromatic carbocycles. The van der Waals surface area contributed by atoms with Gasteiger partial charge in [-0.1, -0.05) is 29.8 Å². The zero-order chi connectivity index (χ0) is 17.5. The molecule has 1 aromatic heterocycles. The van der Waals surface area contributed by atoms with E-state index in [0.717, 1.165) is 10.1 Å². The van der Waals surface area contributed by atoms with Gasteiger partial charge in [-0.2, -0.15) is 0 Å². The van der Waals surface area contributed by atoms with E-state index in [9.17, 15) is 14.4 Å². The summed E-state index contributed by atoms with van der Waals surface area (Å²) in [6.45, 7) is 1.16. The van der Waals surface area contributed by atoms with Crippen LogP contribution in [0.2, 0.25) is 5.02 Å². The Bertz CT molecular complexity index is 799. The second-order valence-electron chi connectivity index (χ2n) is 4.49. The summed E-state index contributed by atoms with van der Waals surface area (Å²) in [5.41, 5.74) is 0. The molecule has 1 heterocycles. The number of rotatable bonds is 5. The molecule has 0 radical (unpaired) electrons. The van der Waals surface area contributed by atoms with Crippen molar-refractivity contribution in [1.29, 1.82) is 0 Å². The first-order chi connectivity index (χ1) is 11.5. The number of alkyl carbamates (subject to hydrolysis) is 1. The van der Waals surface area contributed by atoms with Gasteiger partial charge in [0.15, 0.2) is 6.61 Å². The van der Waals surface area contributed by atoms with E-state index in [1.165, 1.54) is 23.5 Å². The van der Waals surface area contributed by atoms with Gasteiger partial charge >= 0.3 is 12.1 Å². The van der Waals surface area contributed by atoms with Gasteiger partial charge < -0.3 is 9.47 Å². The van der Waals surface area contributed by atoms with Crippen LogP contribution in [0.25, 0.3) is 16.2 Å². The number of hydrogen-bond donors (Lipinski definition) is 1. The molecule has 0 saturated carbocycles. The molecule has 0 bridgehead atoms. The van der Waals surface area contributed by atoms with Crippen LogP contribution in [0, 0.1) is 0 Å². The molecule has 2 rings (SSSR count). The quantitative estimate of drug-likeness (QED) is 0.647. The molecule has 0 fully saturated rings. The lowest BCUT2D eigenvalue weighted by Crippen LogP contribution is -2.34. The molecular weight excluding hydrogens is 354 g/mol. The fraction of sp³-hybridized carbons (Fsp3) is 0.188. The highest BCUT2D eigenvalue weighted by Gasteiger charge is 2.11. The van der Waals surface area contributed by atoms with E-state index < -0.39 is 24.6 Å². The molecule has 0 aliphatic carbocycles. The zero-order valence-electron chi connectivity index (χ0n) is 12.7. The number of esters is 1. The number of ether oxygens (including phenoxy) is 2. The third-order valence-corrected chi connectivity index (χ3v) is 4.45. The maximum absolute atomic E-state index is 11.6. The Labute approximate surface area is 147 Å². The molecule has 1 N–H and O–H groups in total. The Balaban J connectivity index is 1.89. The largest absolute Gasteiger partial charge is 0.452 e. The van der Waals surface area contributed by atoms with Gasteiger partial charge in [-0.3, -0.25) is 10.1 Å². The summed E-state index contributed by atoms with van der Waals surface area (Å²) in [6, 6.07) is 7.61. The molecule has 2 amide bonds. The standard InChI is InChI=1S/C16H14ClNO5S/c1-2-22-16(21)18-13(19)9-23-14(20)8-7-12-15(17)10-5-3-4-6-11(10)24-12/h3-8H,2,9H2,1H3,(H,18,19,21)/b8-7+. The minimum absolute atomic E-state index is 0.136. The van der Waals surface area contributed by atoms with Crippen LogP contribution < -0.4 is 5.32 Å². The molecule has 0 spiro atoms. The second-order valence-corrected chi connectivity index (χ2v) is 5.95. The minimum Gasteiger partial charge on any atom is -0.452 e. The van der Waals surface area contributed by atoms with Gasteiger partial charge in [0.2, 0.25) is 0 Å². The van der Waals surface area contributed by atoms with Crippen molar-refractivity contribution in [3.05, 3.63) is 40.2 Å². The molecule has 126 valence electrons. The first-order valence-electron chi connectivity index (χ1n) is 6.99. The van der Waals surface area contributed by atoms with Crippen molar-refractivity contribution in [2.45, 2.75) is 6.92 Å². The molecule has 0 saturated heterocycles. The van der Waals surface area contributed by atoms with Crippen molar-refractivity contribution >= 4 is 57.1 Å². The van der Waals surface area contributed by atoms with Crippen LogP contribution in [-0.2, 0) is 19.1 Å². The van der Waals surface area contributed by atoms with Gasteiger partial charge in [0.05, 0.1) is 11.6 Å².